The first-order valence-corrected chi connectivity index (χ1v) is 56.8. The largest absolute Gasteiger partial charge is 0.461 e. The van der Waals surface area contributed by atoms with Crippen molar-refractivity contribution in [3.63, 3.8) is 0 Å². The number of alkyl halides is 1. The summed E-state index contributed by atoms with van der Waals surface area (Å²) in [4.78, 5) is 43.3. The molecule has 636 valence electrons. The van der Waals surface area contributed by atoms with Gasteiger partial charge >= 0.3 is 11.9 Å². The minimum absolute atomic E-state index is 0.0105. The Hall–Kier alpha value is -6.13. The van der Waals surface area contributed by atoms with Crippen LogP contribution in [0.1, 0.15) is 76.0 Å². The fourth-order valence-corrected chi connectivity index (χ4v) is 18.1. The van der Waals surface area contributed by atoms with Crippen LogP contribution >= 0.6 is 27.7 Å². The minimum Gasteiger partial charge on any atom is -0.461 e. The first-order valence-electron chi connectivity index (χ1n) is 40.6. The zero-order valence-corrected chi connectivity index (χ0v) is 77.5. The van der Waals surface area contributed by atoms with Gasteiger partial charge in [-0.05, 0) is 122 Å². The number of hydrogen-bond donors (Lipinski definition) is 0. The van der Waals surface area contributed by atoms with Crippen molar-refractivity contribution in [1.29, 1.82) is 0 Å². The molecule has 6 heterocycles. The van der Waals surface area contributed by atoms with Crippen LogP contribution in [0.15, 0.2) is 107 Å². The Kier molecular flexibility index (Phi) is 36.6. The van der Waals surface area contributed by atoms with Crippen molar-refractivity contribution in [2.75, 3.05) is 158 Å². The van der Waals surface area contributed by atoms with Crippen LogP contribution in [0.4, 0.5) is 16.0 Å². The highest BCUT2D eigenvalue weighted by Crippen LogP contribution is 2.48. The van der Waals surface area contributed by atoms with Gasteiger partial charge in [0.2, 0.25) is 0 Å². The number of carbonyl (C=O) groups excluding carboxylic acids is 2. The van der Waals surface area contributed by atoms with Crippen LogP contribution in [0.3, 0.4) is 0 Å². The molecule has 0 radical (unpaired) electrons. The Morgan fingerprint density at radius 2 is 0.835 bits per heavy atom. The fraction of sp³-hybridized carbons (Fsp3) is 0.610. The summed E-state index contributed by atoms with van der Waals surface area (Å²) in [6.07, 6.45) is 18.2. The summed E-state index contributed by atoms with van der Waals surface area (Å²) in [6.45, 7) is 34.7. The third kappa shape index (κ3) is 27.4. The van der Waals surface area contributed by atoms with Crippen molar-refractivity contribution in [2.45, 2.75) is 182 Å². The molecule has 0 saturated heterocycles. The SMILES string of the molecule is COCCOC(=O)C1(OCCOC)CCC(c2nc3c(-c4cnn(-c5ccccc5)c4)cnn3c(N(COCC[Si](C)(C)C)COCC[Si](C)(C)C)c2Br)CC1.COCCOC(=O)C1(OCCOC)CCC(c2nc3c(-c4cnn(-c5ccccc5)c4)cnn3c(N(COCC[Si](C)(C)C)COCC[Si](C)(C)C)c2SC)CC1.[2H]CF. The van der Waals surface area contributed by atoms with E-state index in [1.54, 1.807) is 40.2 Å². The number of fused-ring (bicyclic) bond motifs is 2. The van der Waals surface area contributed by atoms with Gasteiger partial charge in [-0.2, -0.15) is 29.4 Å². The molecular weight excluding hydrogens is 1620 g/mol. The summed E-state index contributed by atoms with van der Waals surface area (Å²) >= 11 is 5.70. The Morgan fingerprint density at radius 1 is 0.496 bits per heavy atom. The van der Waals surface area contributed by atoms with Gasteiger partial charge in [-0.25, -0.2) is 28.9 Å². The van der Waals surface area contributed by atoms with Crippen molar-refractivity contribution < 1.29 is 72.2 Å². The predicted molar refractivity (Wildman–Crippen MR) is 468 cm³/mol. The number of hydrogen-bond acceptors (Lipinski definition) is 23. The molecular formula is C82H128BrFN12O14SSi4. The maximum atomic E-state index is 13.6. The van der Waals surface area contributed by atoms with Crippen molar-refractivity contribution >= 4 is 94.9 Å². The molecule has 0 N–H and O–H groups in total. The molecule has 6 aromatic heterocycles. The van der Waals surface area contributed by atoms with Gasteiger partial charge in [0.1, 0.15) is 40.1 Å². The van der Waals surface area contributed by atoms with Gasteiger partial charge < -0.3 is 66.6 Å². The van der Waals surface area contributed by atoms with Gasteiger partial charge in [-0.1, -0.05) is 115 Å². The summed E-state index contributed by atoms with van der Waals surface area (Å²) < 4.78 is 94.4. The lowest BCUT2D eigenvalue weighted by Crippen LogP contribution is -2.46. The van der Waals surface area contributed by atoms with E-state index in [4.69, 9.17) is 83.5 Å². The Labute approximate surface area is 698 Å². The maximum Gasteiger partial charge on any atom is 0.338 e. The number of benzene rings is 2. The van der Waals surface area contributed by atoms with Crippen LogP contribution in [0.2, 0.25) is 103 Å². The lowest BCUT2D eigenvalue weighted by molar-refractivity contribution is -0.181. The van der Waals surface area contributed by atoms with Crippen molar-refractivity contribution in [3.8, 4) is 33.6 Å². The highest BCUT2D eigenvalue weighted by molar-refractivity contribution is 9.10. The van der Waals surface area contributed by atoms with Crippen LogP contribution in [0.25, 0.3) is 44.9 Å². The van der Waals surface area contributed by atoms with Crippen molar-refractivity contribution in [1.82, 2.24) is 48.8 Å². The van der Waals surface area contributed by atoms with Crippen molar-refractivity contribution in [2.24, 2.45) is 0 Å². The third-order valence-corrected chi connectivity index (χ3v) is 28.7. The molecule has 2 aromatic carbocycles. The van der Waals surface area contributed by atoms with E-state index in [0.717, 1.165) is 95.8 Å². The second-order valence-electron chi connectivity index (χ2n) is 34.0. The molecule has 115 heavy (non-hydrogen) atoms. The number of rotatable bonds is 45. The van der Waals surface area contributed by atoms with E-state index in [-0.39, 0.29) is 37.0 Å². The highest BCUT2D eigenvalue weighted by atomic mass is 79.9. The molecule has 8 aromatic rings. The van der Waals surface area contributed by atoms with E-state index in [2.05, 4.69) is 116 Å². The summed E-state index contributed by atoms with van der Waals surface area (Å²) in [5.41, 5.74) is 6.61. The van der Waals surface area contributed by atoms with E-state index in [0.29, 0.717) is 150 Å². The standard InChI is InChI=1S/C41H64N6O7SSi2.C40H61BrN6O7Si2.CH3F/c1-49-19-21-53-40(48)41(54-22-20-50-2)17-15-32(16-18-41)36-37(55-3)39(45(30-51-23-25-56(4,5)6)31-52-24-26-57(7,8)9)47-38(44-36)35(28-43-47)33-27-42-46(29-33)34-13-11-10-12-14-34;1-49-18-20-53-39(48)40(54-21-19-50-2)16-14-31(15-17-40)36-35(41)38(45(29-51-22-24-55(3,4)5)30-52-23-25-56(6,7)8)47-37(44-36)34(27-43-47)32-26-42-46(28-32)33-12-10-9-11-13-33;1-2/h10-14,27-29,32H,15-26,30-31H2,1-9H3;9-13,26-28,31H,14-25,29-30H2,1-8H3;1H3/i;;1D. The fourth-order valence-electron chi connectivity index (χ4n) is 13.4. The Morgan fingerprint density at radius 3 is 1.19 bits per heavy atom. The van der Waals surface area contributed by atoms with E-state index in [9.17, 15) is 14.0 Å². The number of halogens is 2. The number of methoxy groups -OCH3 is 4. The smallest absolute Gasteiger partial charge is 0.338 e. The molecule has 0 aliphatic heterocycles. The van der Waals surface area contributed by atoms with Crippen LogP contribution in [-0.4, -0.2) is 252 Å². The third-order valence-electron chi connectivity index (χ3n) is 20.3. The number of ether oxygens (including phenoxy) is 12. The zero-order valence-electron chi connectivity index (χ0n) is 72.1. The number of para-hydroxylation sites is 2. The van der Waals surface area contributed by atoms with Crippen molar-refractivity contribution in [3.05, 3.63) is 114 Å². The molecule has 0 spiro atoms. The molecule has 33 heteroatoms. The predicted octanol–water partition coefficient (Wildman–Crippen LogP) is 16.6. The normalized spacial score (nSPS) is 17.6. The summed E-state index contributed by atoms with van der Waals surface area (Å²) in [7, 11) is 0.158. The topological polar surface area (TPSA) is 247 Å². The van der Waals surface area contributed by atoms with Gasteiger partial charge in [0.25, 0.3) is 0 Å². The quantitative estimate of drug-likeness (QED) is 0.0113. The number of nitrogens with zero attached hydrogens (tertiary/aromatic N) is 12. The number of anilines is 2. The molecule has 2 fully saturated rings. The number of thioether (sulfide) groups is 1. The van der Waals surface area contributed by atoms with Gasteiger partial charge in [-0.15, -0.1) is 11.8 Å². The van der Waals surface area contributed by atoms with E-state index in [1.165, 1.54) is 0 Å². The molecule has 2 aliphatic rings. The van der Waals surface area contributed by atoms with Gasteiger partial charge in [0.05, 0.1) is 105 Å². The van der Waals surface area contributed by atoms with E-state index >= 15 is 0 Å². The molecule has 0 atom stereocenters. The second-order valence-corrected chi connectivity index (χ2v) is 58.1. The van der Waals surface area contributed by atoms with E-state index in [1.807, 2.05) is 116 Å². The van der Waals surface area contributed by atoms with Crippen LogP contribution in [0.5, 0.6) is 0 Å². The molecule has 2 saturated carbocycles. The maximum absolute atomic E-state index is 13.6. The highest BCUT2D eigenvalue weighted by Gasteiger charge is 2.48. The number of aromatic nitrogens is 10. The lowest BCUT2D eigenvalue weighted by Gasteiger charge is -2.38. The average Bonchev–Trinajstić information content (AvgIpc) is 1.54. The van der Waals surface area contributed by atoms with Crippen LogP contribution in [0, 0.1) is 0 Å². The minimum atomic E-state index is -1.32. The summed E-state index contributed by atoms with van der Waals surface area (Å²) in [5, 5.41) is 19.4. The number of carbonyl (C=O) groups is 2. The van der Waals surface area contributed by atoms with Crippen LogP contribution in [-0.2, 0) is 66.4 Å². The van der Waals surface area contributed by atoms with Gasteiger partial charge in [-0.3, -0.25) is 4.39 Å². The van der Waals surface area contributed by atoms with Gasteiger partial charge in [0.15, 0.2) is 34.1 Å². The first kappa shape index (κ1) is 92.7. The molecule has 0 unspecified atom stereocenters. The molecule has 0 amide bonds. The lowest BCUT2D eigenvalue weighted by atomic mass is 9.77. The first-order chi connectivity index (χ1) is 55.5. The molecule has 26 nitrogen and oxygen atoms in total. The molecule has 0 bridgehead atoms. The molecule has 10 rings (SSSR count). The summed E-state index contributed by atoms with van der Waals surface area (Å²) in [6, 6.07) is 24.3. The zero-order chi connectivity index (χ0) is 84.1. The monoisotopic (exact) mass is 1750 g/mol. The second kappa shape index (κ2) is 45.3. The van der Waals surface area contributed by atoms with Gasteiger partial charge in [0, 0.05) is 134 Å². The van der Waals surface area contributed by atoms with Crippen LogP contribution < -0.4 is 9.80 Å². The van der Waals surface area contributed by atoms with E-state index < -0.39 is 50.7 Å². The molecule has 2 aliphatic carbocycles. The Balaban J connectivity index is 0.000000280. The Bertz CT molecular complexity index is 4220. The number of esters is 2. The summed E-state index contributed by atoms with van der Waals surface area (Å²) in [5.74, 6) is 1.03. The average molecular weight is 1750 g/mol.